The van der Waals surface area contributed by atoms with Crippen LogP contribution in [0.3, 0.4) is 0 Å². The third-order valence-corrected chi connectivity index (χ3v) is 2.86. The van der Waals surface area contributed by atoms with E-state index in [2.05, 4.69) is 14.9 Å². The fourth-order valence-corrected chi connectivity index (χ4v) is 1.89. The van der Waals surface area contributed by atoms with E-state index in [4.69, 9.17) is 5.11 Å². The van der Waals surface area contributed by atoms with Crippen LogP contribution in [0.5, 0.6) is 0 Å². The number of β-amino-alcohol motifs (C(OH)–C–C–N with tert-alkyl or cyclic N) is 1. The second-order valence-corrected chi connectivity index (χ2v) is 3.95. The number of rotatable bonds is 3. The van der Waals surface area contributed by atoms with Crippen LogP contribution in [0.1, 0.15) is 10.5 Å². The van der Waals surface area contributed by atoms with E-state index < -0.39 is 0 Å². The summed E-state index contributed by atoms with van der Waals surface area (Å²) in [6.07, 6.45) is 4.56. The number of hydrogen-bond donors (Lipinski definition) is 1. The van der Waals surface area contributed by atoms with E-state index in [1.165, 1.54) is 12.4 Å². The van der Waals surface area contributed by atoms with Gasteiger partial charge < -0.3 is 10.0 Å². The van der Waals surface area contributed by atoms with Crippen molar-refractivity contribution in [1.29, 1.82) is 0 Å². The van der Waals surface area contributed by atoms with E-state index in [-0.39, 0.29) is 12.5 Å². The fraction of sp³-hybridized carbons (Fsp3) is 0.545. The number of piperazine rings is 1. The van der Waals surface area contributed by atoms with Gasteiger partial charge in [0.1, 0.15) is 5.69 Å². The summed E-state index contributed by atoms with van der Waals surface area (Å²) in [5.74, 6) is -0.0678. The highest BCUT2D eigenvalue weighted by Crippen LogP contribution is 2.05. The van der Waals surface area contributed by atoms with Crippen LogP contribution in [-0.4, -0.2) is 70.1 Å². The van der Waals surface area contributed by atoms with E-state index in [0.29, 0.717) is 25.3 Å². The minimum Gasteiger partial charge on any atom is -0.395 e. The molecule has 1 amide bonds. The second-order valence-electron chi connectivity index (χ2n) is 3.95. The number of aromatic nitrogens is 2. The Hall–Kier alpha value is -1.53. The molecule has 0 bridgehead atoms. The molecule has 0 saturated carbocycles. The highest BCUT2D eigenvalue weighted by atomic mass is 16.3. The molecule has 17 heavy (non-hydrogen) atoms. The molecule has 6 heteroatoms. The Morgan fingerprint density at radius 1 is 1.29 bits per heavy atom. The van der Waals surface area contributed by atoms with Crippen LogP contribution >= 0.6 is 0 Å². The normalized spacial score (nSPS) is 17.1. The zero-order chi connectivity index (χ0) is 12.1. The average Bonchev–Trinajstić information content (AvgIpc) is 2.40. The van der Waals surface area contributed by atoms with Gasteiger partial charge in [0, 0.05) is 45.1 Å². The molecule has 1 N–H and O–H groups in total. The number of amides is 1. The van der Waals surface area contributed by atoms with Gasteiger partial charge in [-0.05, 0) is 0 Å². The molecular weight excluding hydrogens is 220 g/mol. The SMILES string of the molecule is O=C(c1cnccn1)N1CCN(CCO)CC1. The first-order valence-electron chi connectivity index (χ1n) is 5.70. The first-order valence-corrected chi connectivity index (χ1v) is 5.70. The van der Waals surface area contributed by atoms with Crippen molar-refractivity contribution in [3.63, 3.8) is 0 Å². The van der Waals surface area contributed by atoms with Crippen molar-refractivity contribution >= 4 is 5.91 Å². The molecular formula is C11H16N4O2. The molecule has 2 heterocycles. The number of hydrogen-bond acceptors (Lipinski definition) is 5. The highest BCUT2D eigenvalue weighted by Gasteiger charge is 2.22. The van der Waals surface area contributed by atoms with Gasteiger partial charge in [-0.15, -0.1) is 0 Å². The van der Waals surface area contributed by atoms with Gasteiger partial charge >= 0.3 is 0 Å². The van der Waals surface area contributed by atoms with E-state index in [1.54, 1.807) is 11.1 Å². The molecule has 92 valence electrons. The average molecular weight is 236 g/mol. The third kappa shape index (κ3) is 2.98. The lowest BCUT2D eigenvalue weighted by Crippen LogP contribution is -2.49. The Morgan fingerprint density at radius 3 is 2.65 bits per heavy atom. The number of aliphatic hydroxyl groups is 1. The molecule has 6 nitrogen and oxygen atoms in total. The Kier molecular flexibility index (Phi) is 4.00. The highest BCUT2D eigenvalue weighted by molar-refractivity contribution is 5.92. The van der Waals surface area contributed by atoms with Crippen molar-refractivity contribution in [2.24, 2.45) is 0 Å². The molecule has 0 unspecified atom stereocenters. The standard InChI is InChI=1S/C11H16N4O2/c16-8-7-14-3-5-15(6-4-14)11(17)10-9-12-1-2-13-10/h1-2,9,16H,3-8H2. The molecule has 2 rings (SSSR count). The molecule has 1 aromatic rings. The number of carbonyl (C=O) groups excluding carboxylic acids is 1. The lowest BCUT2D eigenvalue weighted by molar-refractivity contribution is 0.0609. The van der Waals surface area contributed by atoms with Crippen LogP contribution in [0.25, 0.3) is 0 Å². The number of aliphatic hydroxyl groups excluding tert-OH is 1. The predicted octanol–water partition coefficient (Wildman–Crippen LogP) is -0.773. The van der Waals surface area contributed by atoms with Crippen LogP contribution in [-0.2, 0) is 0 Å². The van der Waals surface area contributed by atoms with Crippen LogP contribution in [0.2, 0.25) is 0 Å². The van der Waals surface area contributed by atoms with Gasteiger partial charge in [0.05, 0.1) is 12.8 Å². The second kappa shape index (κ2) is 5.70. The molecule has 0 spiro atoms. The number of carbonyl (C=O) groups is 1. The van der Waals surface area contributed by atoms with E-state index >= 15 is 0 Å². The monoisotopic (exact) mass is 236 g/mol. The first-order chi connectivity index (χ1) is 8.31. The Morgan fingerprint density at radius 2 is 2.06 bits per heavy atom. The minimum atomic E-state index is -0.0678. The third-order valence-electron chi connectivity index (χ3n) is 2.86. The summed E-state index contributed by atoms with van der Waals surface area (Å²) in [5, 5.41) is 8.83. The van der Waals surface area contributed by atoms with Gasteiger partial charge in [-0.25, -0.2) is 4.98 Å². The first kappa shape index (κ1) is 11.9. The van der Waals surface area contributed by atoms with Gasteiger partial charge in [-0.3, -0.25) is 14.7 Å². The molecule has 0 radical (unpaired) electrons. The molecule has 1 aromatic heterocycles. The molecule has 1 fully saturated rings. The molecule has 0 atom stereocenters. The van der Waals surface area contributed by atoms with Gasteiger partial charge in [-0.2, -0.15) is 0 Å². The van der Waals surface area contributed by atoms with E-state index in [9.17, 15) is 4.79 Å². The Bertz CT molecular complexity index is 363. The van der Waals surface area contributed by atoms with Crippen LogP contribution in [0.15, 0.2) is 18.6 Å². The van der Waals surface area contributed by atoms with E-state index in [1.807, 2.05) is 0 Å². The summed E-state index contributed by atoms with van der Waals surface area (Å²) in [6.45, 7) is 3.79. The van der Waals surface area contributed by atoms with Crippen molar-refractivity contribution in [2.45, 2.75) is 0 Å². The van der Waals surface area contributed by atoms with E-state index in [0.717, 1.165) is 13.1 Å². The zero-order valence-corrected chi connectivity index (χ0v) is 9.62. The van der Waals surface area contributed by atoms with Crippen LogP contribution in [0, 0.1) is 0 Å². The summed E-state index contributed by atoms with van der Waals surface area (Å²) in [5.41, 5.74) is 0.392. The van der Waals surface area contributed by atoms with Crippen LogP contribution in [0.4, 0.5) is 0 Å². The smallest absolute Gasteiger partial charge is 0.274 e. The molecule has 0 aromatic carbocycles. The van der Waals surface area contributed by atoms with Crippen LogP contribution < -0.4 is 0 Å². The molecule has 1 saturated heterocycles. The maximum Gasteiger partial charge on any atom is 0.274 e. The van der Waals surface area contributed by atoms with Gasteiger partial charge in [0.25, 0.3) is 5.91 Å². The maximum absolute atomic E-state index is 12.0. The fourth-order valence-electron chi connectivity index (χ4n) is 1.89. The van der Waals surface area contributed by atoms with Crippen molar-refractivity contribution in [2.75, 3.05) is 39.3 Å². The quantitative estimate of drug-likeness (QED) is 0.746. The molecule has 1 aliphatic heterocycles. The summed E-state index contributed by atoms with van der Waals surface area (Å²) >= 11 is 0. The maximum atomic E-state index is 12.0. The Labute approximate surface area is 99.9 Å². The van der Waals surface area contributed by atoms with Crippen molar-refractivity contribution in [3.8, 4) is 0 Å². The van der Waals surface area contributed by atoms with Gasteiger partial charge in [-0.1, -0.05) is 0 Å². The van der Waals surface area contributed by atoms with Crippen molar-refractivity contribution < 1.29 is 9.90 Å². The lowest BCUT2D eigenvalue weighted by atomic mass is 10.3. The topological polar surface area (TPSA) is 69.6 Å². The summed E-state index contributed by atoms with van der Waals surface area (Å²) < 4.78 is 0. The van der Waals surface area contributed by atoms with Crippen molar-refractivity contribution in [3.05, 3.63) is 24.3 Å². The Balaban J connectivity index is 1.91. The minimum absolute atomic E-state index is 0.0678. The summed E-state index contributed by atoms with van der Waals surface area (Å²) in [7, 11) is 0. The summed E-state index contributed by atoms with van der Waals surface area (Å²) in [6, 6.07) is 0. The van der Waals surface area contributed by atoms with Crippen molar-refractivity contribution in [1.82, 2.24) is 19.8 Å². The molecule has 1 aliphatic rings. The lowest BCUT2D eigenvalue weighted by Gasteiger charge is -2.34. The number of nitrogens with zero attached hydrogens (tertiary/aromatic N) is 4. The predicted molar refractivity (Wildman–Crippen MR) is 61.5 cm³/mol. The van der Waals surface area contributed by atoms with Gasteiger partial charge in [0.2, 0.25) is 0 Å². The largest absolute Gasteiger partial charge is 0.395 e. The summed E-state index contributed by atoms with van der Waals surface area (Å²) in [4.78, 5) is 23.8. The molecule has 0 aliphatic carbocycles. The zero-order valence-electron chi connectivity index (χ0n) is 9.62. The van der Waals surface area contributed by atoms with Gasteiger partial charge in [0.15, 0.2) is 0 Å².